The smallest absolute Gasteiger partial charge is 0.224 e. The Hall–Kier alpha value is -1.16. The summed E-state index contributed by atoms with van der Waals surface area (Å²) in [4.78, 5) is 10.7. The van der Waals surface area contributed by atoms with Crippen LogP contribution in [0.1, 0.15) is 17.7 Å². The van der Waals surface area contributed by atoms with Crippen LogP contribution in [0.15, 0.2) is 6.20 Å². The summed E-state index contributed by atoms with van der Waals surface area (Å²) in [5.41, 5.74) is 8.27. The molecule has 0 fully saturated rings. The van der Waals surface area contributed by atoms with Gasteiger partial charge in [0.15, 0.2) is 0 Å². The van der Waals surface area contributed by atoms with Crippen LogP contribution in [0.3, 0.4) is 0 Å². The van der Waals surface area contributed by atoms with Crippen LogP contribution < -0.4 is 10.6 Å². The van der Waals surface area contributed by atoms with Crippen LogP contribution in [0, 0.1) is 0 Å². The highest BCUT2D eigenvalue weighted by atomic mass is 15.2. The first kappa shape index (κ1) is 9.40. The number of aromatic nitrogens is 2. The van der Waals surface area contributed by atoms with Crippen LogP contribution >= 0.6 is 0 Å². The number of rotatable bonds is 1. The quantitative estimate of drug-likeness (QED) is 0.698. The Morgan fingerprint density at radius 1 is 1.50 bits per heavy atom. The van der Waals surface area contributed by atoms with Crippen molar-refractivity contribution < 1.29 is 0 Å². The SMILES string of the molecule is CN(C)c1ncc2c(n1)CC[C@@H](N)C2. The van der Waals surface area contributed by atoms with E-state index in [2.05, 4.69) is 9.97 Å². The molecule has 76 valence electrons. The van der Waals surface area contributed by atoms with Gasteiger partial charge in [-0.25, -0.2) is 9.97 Å². The second-order valence-electron chi connectivity index (χ2n) is 4.04. The van der Waals surface area contributed by atoms with E-state index in [1.807, 2.05) is 25.2 Å². The third kappa shape index (κ3) is 1.70. The molecule has 1 atom stereocenters. The molecule has 0 saturated heterocycles. The lowest BCUT2D eigenvalue weighted by molar-refractivity contribution is 0.563. The molecule has 4 heteroatoms. The number of anilines is 1. The molecule has 0 unspecified atom stereocenters. The maximum Gasteiger partial charge on any atom is 0.224 e. The second-order valence-corrected chi connectivity index (χ2v) is 4.04. The van der Waals surface area contributed by atoms with E-state index >= 15 is 0 Å². The standard InChI is InChI=1S/C10H16N4/c1-14(2)10-12-6-7-5-8(11)3-4-9(7)13-10/h6,8H,3-5,11H2,1-2H3/t8-/m1/s1. The molecule has 0 saturated carbocycles. The Morgan fingerprint density at radius 3 is 3.00 bits per heavy atom. The first-order valence-corrected chi connectivity index (χ1v) is 4.94. The fraction of sp³-hybridized carbons (Fsp3) is 0.600. The number of hydrogen-bond acceptors (Lipinski definition) is 4. The van der Waals surface area contributed by atoms with Crippen molar-refractivity contribution in [1.82, 2.24) is 9.97 Å². The highest BCUT2D eigenvalue weighted by molar-refractivity contribution is 5.32. The first-order valence-electron chi connectivity index (χ1n) is 4.94. The van der Waals surface area contributed by atoms with Crippen molar-refractivity contribution in [2.24, 2.45) is 5.73 Å². The monoisotopic (exact) mass is 192 g/mol. The van der Waals surface area contributed by atoms with Gasteiger partial charge in [0.1, 0.15) is 0 Å². The van der Waals surface area contributed by atoms with Gasteiger partial charge in [0.05, 0.1) is 0 Å². The number of fused-ring (bicyclic) bond motifs is 1. The zero-order valence-electron chi connectivity index (χ0n) is 8.70. The molecule has 0 amide bonds. The molecule has 1 aromatic rings. The van der Waals surface area contributed by atoms with E-state index in [-0.39, 0.29) is 6.04 Å². The van der Waals surface area contributed by atoms with E-state index in [0.717, 1.165) is 25.2 Å². The zero-order valence-corrected chi connectivity index (χ0v) is 8.70. The van der Waals surface area contributed by atoms with Gasteiger partial charge in [-0.1, -0.05) is 0 Å². The summed E-state index contributed by atoms with van der Waals surface area (Å²) in [5, 5.41) is 0. The van der Waals surface area contributed by atoms with E-state index in [9.17, 15) is 0 Å². The third-order valence-corrected chi connectivity index (χ3v) is 2.58. The summed E-state index contributed by atoms with van der Waals surface area (Å²) in [6, 6.07) is 0.288. The normalized spacial score (nSPS) is 20.4. The minimum absolute atomic E-state index is 0.288. The average Bonchev–Trinajstić information content (AvgIpc) is 2.16. The summed E-state index contributed by atoms with van der Waals surface area (Å²) in [7, 11) is 3.91. The number of nitrogens with two attached hydrogens (primary N) is 1. The van der Waals surface area contributed by atoms with Gasteiger partial charge in [-0.2, -0.15) is 0 Å². The van der Waals surface area contributed by atoms with Crippen molar-refractivity contribution in [3.63, 3.8) is 0 Å². The van der Waals surface area contributed by atoms with Crippen LogP contribution in [0.4, 0.5) is 5.95 Å². The van der Waals surface area contributed by atoms with E-state index in [1.54, 1.807) is 0 Å². The fourth-order valence-corrected chi connectivity index (χ4v) is 1.74. The molecule has 1 aromatic heterocycles. The predicted octanol–water partition coefficient (Wildman–Crippen LogP) is 0.359. The van der Waals surface area contributed by atoms with Gasteiger partial charge < -0.3 is 10.6 Å². The van der Waals surface area contributed by atoms with Gasteiger partial charge >= 0.3 is 0 Å². The second kappa shape index (κ2) is 3.53. The Kier molecular flexibility index (Phi) is 2.37. The third-order valence-electron chi connectivity index (χ3n) is 2.58. The summed E-state index contributed by atoms with van der Waals surface area (Å²) in [6.45, 7) is 0. The van der Waals surface area contributed by atoms with Crippen molar-refractivity contribution in [3.8, 4) is 0 Å². The molecular weight excluding hydrogens is 176 g/mol. The molecule has 1 aliphatic carbocycles. The highest BCUT2D eigenvalue weighted by Gasteiger charge is 2.17. The number of aryl methyl sites for hydroxylation is 1. The van der Waals surface area contributed by atoms with E-state index in [1.165, 1.54) is 11.3 Å². The molecule has 1 aliphatic rings. The molecular formula is C10H16N4. The lowest BCUT2D eigenvalue weighted by Gasteiger charge is -2.21. The van der Waals surface area contributed by atoms with Crippen molar-refractivity contribution in [3.05, 3.63) is 17.5 Å². The van der Waals surface area contributed by atoms with Gasteiger partial charge in [-0.3, -0.25) is 0 Å². The molecule has 14 heavy (non-hydrogen) atoms. The number of hydrogen-bond donors (Lipinski definition) is 1. The summed E-state index contributed by atoms with van der Waals surface area (Å²) in [6.07, 6.45) is 4.86. The molecule has 0 radical (unpaired) electrons. The van der Waals surface area contributed by atoms with Crippen molar-refractivity contribution in [1.29, 1.82) is 0 Å². The minimum Gasteiger partial charge on any atom is -0.347 e. The molecule has 0 bridgehead atoms. The molecule has 2 rings (SSSR count). The van der Waals surface area contributed by atoms with Crippen LogP contribution in [0.2, 0.25) is 0 Å². The first-order chi connectivity index (χ1) is 6.66. The highest BCUT2D eigenvalue weighted by Crippen LogP contribution is 2.19. The van der Waals surface area contributed by atoms with Crippen molar-refractivity contribution in [2.75, 3.05) is 19.0 Å². The molecule has 0 spiro atoms. The zero-order chi connectivity index (χ0) is 10.1. The minimum atomic E-state index is 0.288. The van der Waals surface area contributed by atoms with Gasteiger partial charge in [0, 0.05) is 32.0 Å². The van der Waals surface area contributed by atoms with Crippen LogP contribution in [0.25, 0.3) is 0 Å². The van der Waals surface area contributed by atoms with Crippen LogP contribution in [0.5, 0.6) is 0 Å². The molecule has 0 aliphatic heterocycles. The van der Waals surface area contributed by atoms with Crippen LogP contribution in [-0.2, 0) is 12.8 Å². The summed E-state index contributed by atoms with van der Waals surface area (Å²) >= 11 is 0. The van der Waals surface area contributed by atoms with E-state index in [0.29, 0.717) is 0 Å². The lowest BCUT2D eigenvalue weighted by Crippen LogP contribution is -2.29. The van der Waals surface area contributed by atoms with Gasteiger partial charge in [-0.05, 0) is 24.8 Å². The Morgan fingerprint density at radius 2 is 2.29 bits per heavy atom. The Labute approximate surface area is 84.2 Å². The van der Waals surface area contributed by atoms with E-state index in [4.69, 9.17) is 5.73 Å². The summed E-state index contributed by atoms with van der Waals surface area (Å²) in [5.74, 6) is 0.791. The maximum absolute atomic E-state index is 5.88. The predicted molar refractivity (Wildman–Crippen MR) is 56.4 cm³/mol. The lowest BCUT2D eigenvalue weighted by atomic mass is 9.94. The van der Waals surface area contributed by atoms with E-state index < -0.39 is 0 Å². The maximum atomic E-state index is 5.88. The Bertz CT molecular complexity index is 335. The van der Waals surface area contributed by atoms with Crippen molar-refractivity contribution in [2.45, 2.75) is 25.3 Å². The van der Waals surface area contributed by atoms with Gasteiger partial charge in [0.25, 0.3) is 0 Å². The van der Waals surface area contributed by atoms with Crippen molar-refractivity contribution >= 4 is 5.95 Å². The molecule has 0 aromatic carbocycles. The molecule has 1 heterocycles. The molecule has 2 N–H and O–H groups in total. The van der Waals surface area contributed by atoms with Gasteiger partial charge in [-0.15, -0.1) is 0 Å². The Balaban J connectivity index is 2.31. The average molecular weight is 192 g/mol. The van der Waals surface area contributed by atoms with Crippen LogP contribution in [-0.4, -0.2) is 30.1 Å². The topological polar surface area (TPSA) is 55.0 Å². The summed E-state index contributed by atoms with van der Waals surface area (Å²) < 4.78 is 0. The fourth-order valence-electron chi connectivity index (χ4n) is 1.74. The largest absolute Gasteiger partial charge is 0.347 e. The molecule has 4 nitrogen and oxygen atoms in total. The van der Waals surface area contributed by atoms with Gasteiger partial charge in [0.2, 0.25) is 5.95 Å². The number of nitrogens with zero attached hydrogens (tertiary/aromatic N) is 3.